The first-order chi connectivity index (χ1) is 8.69. The van der Waals surface area contributed by atoms with E-state index in [1.165, 1.54) is 0 Å². The maximum atomic E-state index is 5.86. The van der Waals surface area contributed by atoms with Gasteiger partial charge in [-0.15, -0.1) is 0 Å². The minimum atomic E-state index is -0.185. The van der Waals surface area contributed by atoms with Crippen LogP contribution in [0.2, 0.25) is 0 Å². The third-order valence-corrected chi connectivity index (χ3v) is 3.80. The molecule has 1 fully saturated rings. The topological polar surface area (TPSA) is 56.5 Å². The fourth-order valence-electron chi connectivity index (χ4n) is 2.62. The summed E-state index contributed by atoms with van der Waals surface area (Å²) in [5.41, 5.74) is 3.87. The molecule has 3 N–H and O–H groups in total. The van der Waals surface area contributed by atoms with Gasteiger partial charge in [0.05, 0.1) is 18.8 Å². The lowest BCUT2D eigenvalue weighted by molar-refractivity contribution is -0.0116. The Hall–Kier alpha value is -1.10. The van der Waals surface area contributed by atoms with Crippen molar-refractivity contribution >= 4 is 0 Å². The summed E-state index contributed by atoms with van der Waals surface area (Å²) in [7, 11) is 1.69. The van der Waals surface area contributed by atoms with Gasteiger partial charge in [-0.25, -0.2) is 0 Å². The molecular formula is C14H22N2O2. The number of nitrogens with two attached hydrogens (primary N) is 1. The van der Waals surface area contributed by atoms with Crippen LogP contribution in [0.1, 0.15) is 25.3 Å². The molecule has 18 heavy (non-hydrogen) atoms. The highest BCUT2D eigenvalue weighted by Crippen LogP contribution is 2.31. The highest BCUT2D eigenvalue weighted by atomic mass is 16.5. The predicted molar refractivity (Wildman–Crippen MR) is 71.4 cm³/mol. The van der Waals surface area contributed by atoms with Crippen molar-refractivity contribution in [3.05, 3.63) is 29.8 Å². The number of methoxy groups -OCH3 is 1. The summed E-state index contributed by atoms with van der Waals surface area (Å²) in [5, 5.41) is 0. The molecule has 1 saturated heterocycles. The molecule has 0 bridgehead atoms. The number of para-hydroxylation sites is 1. The molecule has 1 aliphatic heterocycles. The lowest BCUT2D eigenvalue weighted by Gasteiger charge is -2.33. The van der Waals surface area contributed by atoms with Gasteiger partial charge in [0, 0.05) is 6.61 Å². The highest BCUT2D eigenvalue weighted by Gasteiger charge is 2.38. The summed E-state index contributed by atoms with van der Waals surface area (Å²) in [4.78, 5) is 0. The van der Waals surface area contributed by atoms with E-state index in [0.717, 1.165) is 37.2 Å². The Morgan fingerprint density at radius 3 is 2.89 bits per heavy atom. The second-order valence-corrected chi connectivity index (χ2v) is 5.00. The molecular weight excluding hydrogens is 228 g/mol. The molecule has 2 atom stereocenters. The summed E-state index contributed by atoms with van der Waals surface area (Å²) < 4.78 is 11.2. The Balaban J connectivity index is 2.15. The van der Waals surface area contributed by atoms with Crippen LogP contribution in [0.4, 0.5) is 0 Å². The zero-order chi connectivity index (χ0) is 13.0. The summed E-state index contributed by atoms with van der Waals surface area (Å²) in [6.45, 7) is 2.94. The van der Waals surface area contributed by atoms with E-state index >= 15 is 0 Å². The monoisotopic (exact) mass is 250 g/mol. The normalized spacial score (nSPS) is 25.1. The average molecular weight is 250 g/mol. The number of ether oxygens (including phenoxy) is 2. The molecule has 1 aromatic carbocycles. The van der Waals surface area contributed by atoms with Gasteiger partial charge in [-0.3, -0.25) is 11.3 Å². The van der Waals surface area contributed by atoms with Crippen LogP contribution >= 0.6 is 0 Å². The van der Waals surface area contributed by atoms with Crippen LogP contribution in [0, 0.1) is 0 Å². The molecule has 1 aliphatic rings. The molecule has 4 heteroatoms. The molecule has 1 aromatic rings. The Kier molecular flexibility index (Phi) is 4.22. The van der Waals surface area contributed by atoms with Crippen molar-refractivity contribution in [2.24, 2.45) is 5.84 Å². The number of rotatable bonds is 5. The SMILES string of the molecule is COc1ccccc1CC(NN)C1(C)CCCO1. The fraction of sp³-hybridized carbons (Fsp3) is 0.571. The molecule has 2 unspecified atom stereocenters. The number of hydrogen-bond acceptors (Lipinski definition) is 4. The molecule has 4 nitrogen and oxygen atoms in total. The van der Waals surface area contributed by atoms with Crippen molar-refractivity contribution in [3.8, 4) is 5.75 Å². The third-order valence-electron chi connectivity index (χ3n) is 3.80. The van der Waals surface area contributed by atoms with E-state index in [0.29, 0.717) is 0 Å². The van der Waals surface area contributed by atoms with Gasteiger partial charge in [0.15, 0.2) is 0 Å². The van der Waals surface area contributed by atoms with Crippen molar-refractivity contribution in [1.82, 2.24) is 5.43 Å². The van der Waals surface area contributed by atoms with Gasteiger partial charge in [-0.1, -0.05) is 18.2 Å². The van der Waals surface area contributed by atoms with Crippen molar-refractivity contribution < 1.29 is 9.47 Å². The molecule has 0 aliphatic carbocycles. The lowest BCUT2D eigenvalue weighted by Crippen LogP contribution is -2.52. The molecule has 0 spiro atoms. The number of benzene rings is 1. The maximum Gasteiger partial charge on any atom is 0.122 e. The quantitative estimate of drug-likeness (QED) is 0.616. The minimum Gasteiger partial charge on any atom is -0.496 e. The lowest BCUT2D eigenvalue weighted by atomic mass is 9.88. The van der Waals surface area contributed by atoms with E-state index in [4.69, 9.17) is 15.3 Å². The van der Waals surface area contributed by atoms with Crippen LogP contribution in [0.15, 0.2) is 24.3 Å². The Bertz CT molecular complexity index is 389. The Labute approximate surface area is 108 Å². The molecule has 1 heterocycles. The summed E-state index contributed by atoms with van der Waals surface area (Å²) in [5.74, 6) is 6.61. The van der Waals surface area contributed by atoms with Crippen LogP contribution in [0.25, 0.3) is 0 Å². The maximum absolute atomic E-state index is 5.86. The fourth-order valence-corrected chi connectivity index (χ4v) is 2.62. The van der Waals surface area contributed by atoms with Crippen molar-refractivity contribution in [3.63, 3.8) is 0 Å². The van der Waals surface area contributed by atoms with E-state index in [2.05, 4.69) is 18.4 Å². The van der Waals surface area contributed by atoms with Crippen LogP contribution < -0.4 is 16.0 Å². The average Bonchev–Trinajstić information content (AvgIpc) is 2.84. The van der Waals surface area contributed by atoms with E-state index in [1.54, 1.807) is 7.11 Å². The van der Waals surface area contributed by atoms with Crippen LogP contribution in [0.3, 0.4) is 0 Å². The largest absolute Gasteiger partial charge is 0.496 e. The van der Waals surface area contributed by atoms with E-state index in [9.17, 15) is 0 Å². The van der Waals surface area contributed by atoms with E-state index in [-0.39, 0.29) is 11.6 Å². The van der Waals surface area contributed by atoms with Crippen molar-refractivity contribution in [2.45, 2.75) is 37.8 Å². The highest BCUT2D eigenvalue weighted by molar-refractivity contribution is 5.34. The van der Waals surface area contributed by atoms with Crippen LogP contribution in [-0.4, -0.2) is 25.4 Å². The predicted octanol–water partition coefficient (Wildman–Crippen LogP) is 1.64. The zero-order valence-corrected chi connectivity index (χ0v) is 11.1. The van der Waals surface area contributed by atoms with Crippen LogP contribution in [0.5, 0.6) is 5.75 Å². The van der Waals surface area contributed by atoms with Gasteiger partial charge in [-0.2, -0.15) is 0 Å². The number of hydrazine groups is 1. The molecule has 0 radical (unpaired) electrons. The van der Waals surface area contributed by atoms with Gasteiger partial charge in [0.25, 0.3) is 0 Å². The van der Waals surface area contributed by atoms with Gasteiger partial charge in [-0.05, 0) is 37.8 Å². The second-order valence-electron chi connectivity index (χ2n) is 5.00. The summed E-state index contributed by atoms with van der Waals surface area (Å²) in [6, 6.07) is 8.13. The summed E-state index contributed by atoms with van der Waals surface area (Å²) >= 11 is 0. The van der Waals surface area contributed by atoms with Crippen molar-refractivity contribution in [1.29, 1.82) is 0 Å². The Morgan fingerprint density at radius 2 is 2.28 bits per heavy atom. The molecule has 0 amide bonds. The smallest absolute Gasteiger partial charge is 0.122 e. The molecule has 0 aromatic heterocycles. The Morgan fingerprint density at radius 1 is 1.50 bits per heavy atom. The summed E-state index contributed by atoms with van der Waals surface area (Å²) in [6.07, 6.45) is 2.94. The van der Waals surface area contributed by atoms with Gasteiger partial charge >= 0.3 is 0 Å². The van der Waals surface area contributed by atoms with Crippen molar-refractivity contribution in [2.75, 3.05) is 13.7 Å². The van der Waals surface area contributed by atoms with Crippen LogP contribution in [-0.2, 0) is 11.2 Å². The van der Waals surface area contributed by atoms with E-state index in [1.807, 2.05) is 18.2 Å². The second kappa shape index (κ2) is 5.69. The van der Waals surface area contributed by atoms with Gasteiger partial charge in [0.2, 0.25) is 0 Å². The van der Waals surface area contributed by atoms with Gasteiger partial charge in [0.1, 0.15) is 5.75 Å². The molecule has 0 saturated carbocycles. The first-order valence-corrected chi connectivity index (χ1v) is 6.41. The minimum absolute atomic E-state index is 0.0938. The van der Waals surface area contributed by atoms with E-state index < -0.39 is 0 Å². The molecule has 100 valence electrons. The first-order valence-electron chi connectivity index (χ1n) is 6.41. The standard InChI is InChI=1S/C14H22N2O2/c1-14(8-5-9-18-14)13(16-15)10-11-6-3-4-7-12(11)17-2/h3-4,6-7,13,16H,5,8-10,15H2,1-2H3. The first kappa shape index (κ1) is 13.3. The third kappa shape index (κ3) is 2.66. The number of hydrogen-bond donors (Lipinski definition) is 2. The number of nitrogens with one attached hydrogen (secondary N) is 1. The molecule has 2 rings (SSSR count). The van der Waals surface area contributed by atoms with Gasteiger partial charge < -0.3 is 9.47 Å². The zero-order valence-electron chi connectivity index (χ0n) is 11.1.